The number of nitrogens with one attached hydrogen (secondary N) is 1. The number of rotatable bonds is 6. The van der Waals surface area contributed by atoms with Crippen molar-refractivity contribution in [1.82, 2.24) is 5.32 Å². The summed E-state index contributed by atoms with van der Waals surface area (Å²) >= 11 is 0. The molecule has 1 aliphatic carbocycles. The van der Waals surface area contributed by atoms with Gasteiger partial charge in [-0.05, 0) is 30.7 Å². The first-order valence-corrected chi connectivity index (χ1v) is 7.22. The molecule has 0 aromatic heterocycles. The SMILES string of the molecule is CC(C)CCNC(N)=NCC1(c2ccccc2)CC1. The Hall–Kier alpha value is -1.51. The summed E-state index contributed by atoms with van der Waals surface area (Å²) in [5.41, 5.74) is 7.56. The molecule has 1 saturated carbocycles. The summed E-state index contributed by atoms with van der Waals surface area (Å²) in [6, 6.07) is 10.7. The van der Waals surface area contributed by atoms with E-state index in [9.17, 15) is 0 Å². The van der Waals surface area contributed by atoms with Crippen molar-refractivity contribution in [1.29, 1.82) is 0 Å². The summed E-state index contributed by atoms with van der Waals surface area (Å²) in [4.78, 5) is 4.51. The Morgan fingerprint density at radius 3 is 2.58 bits per heavy atom. The molecule has 3 heteroatoms. The zero-order chi connectivity index (χ0) is 13.7. The molecule has 1 aliphatic rings. The van der Waals surface area contributed by atoms with Gasteiger partial charge < -0.3 is 11.1 Å². The lowest BCUT2D eigenvalue weighted by Crippen LogP contribution is -2.33. The maximum Gasteiger partial charge on any atom is 0.188 e. The van der Waals surface area contributed by atoms with E-state index in [1.54, 1.807) is 0 Å². The van der Waals surface area contributed by atoms with Gasteiger partial charge in [0.2, 0.25) is 0 Å². The van der Waals surface area contributed by atoms with Gasteiger partial charge in [-0.25, -0.2) is 0 Å². The van der Waals surface area contributed by atoms with Crippen LogP contribution in [-0.4, -0.2) is 19.0 Å². The van der Waals surface area contributed by atoms with Gasteiger partial charge in [0, 0.05) is 12.0 Å². The minimum atomic E-state index is 0.256. The topological polar surface area (TPSA) is 50.4 Å². The number of aliphatic imine (C=N–C) groups is 1. The van der Waals surface area contributed by atoms with E-state index in [2.05, 4.69) is 54.5 Å². The fourth-order valence-electron chi connectivity index (χ4n) is 2.26. The normalized spacial score (nSPS) is 17.5. The van der Waals surface area contributed by atoms with Crippen LogP contribution in [0.4, 0.5) is 0 Å². The van der Waals surface area contributed by atoms with Gasteiger partial charge in [-0.2, -0.15) is 0 Å². The van der Waals surface area contributed by atoms with Crippen molar-refractivity contribution in [2.24, 2.45) is 16.6 Å². The highest BCUT2D eigenvalue weighted by atomic mass is 15.1. The lowest BCUT2D eigenvalue weighted by molar-refractivity contribution is 0.576. The molecule has 0 spiro atoms. The van der Waals surface area contributed by atoms with Gasteiger partial charge in [-0.3, -0.25) is 4.99 Å². The molecule has 3 N–H and O–H groups in total. The molecule has 1 aromatic rings. The van der Waals surface area contributed by atoms with E-state index in [-0.39, 0.29) is 5.41 Å². The van der Waals surface area contributed by atoms with Crippen LogP contribution in [0.3, 0.4) is 0 Å². The van der Waals surface area contributed by atoms with Gasteiger partial charge in [0.15, 0.2) is 5.96 Å². The Balaban J connectivity index is 1.84. The third-order valence-electron chi connectivity index (χ3n) is 3.82. The summed E-state index contributed by atoms with van der Waals surface area (Å²) in [6.07, 6.45) is 3.57. The van der Waals surface area contributed by atoms with Crippen molar-refractivity contribution in [3.63, 3.8) is 0 Å². The van der Waals surface area contributed by atoms with E-state index in [4.69, 9.17) is 5.73 Å². The van der Waals surface area contributed by atoms with Gasteiger partial charge in [0.25, 0.3) is 0 Å². The first-order valence-electron chi connectivity index (χ1n) is 7.22. The van der Waals surface area contributed by atoms with Crippen LogP contribution < -0.4 is 11.1 Å². The van der Waals surface area contributed by atoms with Gasteiger partial charge >= 0.3 is 0 Å². The van der Waals surface area contributed by atoms with Crippen LogP contribution in [0.5, 0.6) is 0 Å². The fraction of sp³-hybridized carbons (Fsp3) is 0.562. The van der Waals surface area contributed by atoms with Gasteiger partial charge in [-0.15, -0.1) is 0 Å². The number of hydrogen-bond donors (Lipinski definition) is 2. The second-order valence-electron chi connectivity index (χ2n) is 5.96. The van der Waals surface area contributed by atoms with Crippen molar-refractivity contribution in [2.75, 3.05) is 13.1 Å². The van der Waals surface area contributed by atoms with Crippen molar-refractivity contribution >= 4 is 5.96 Å². The lowest BCUT2D eigenvalue weighted by Gasteiger charge is -2.14. The number of benzene rings is 1. The smallest absolute Gasteiger partial charge is 0.188 e. The highest BCUT2D eigenvalue weighted by molar-refractivity contribution is 5.77. The number of guanidine groups is 1. The predicted octanol–water partition coefficient (Wildman–Crippen LogP) is 2.67. The molecule has 0 radical (unpaired) electrons. The van der Waals surface area contributed by atoms with Gasteiger partial charge in [0.1, 0.15) is 0 Å². The largest absolute Gasteiger partial charge is 0.370 e. The average molecular weight is 259 g/mol. The summed E-state index contributed by atoms with van der Waals surface area (Å²) in [6.45, 7) is 6.13. The molecule has 0 amide bonds. The first kappa shape index (κ1) is 13.9. The molecule has 1 aromatic carbocycles. The lowest BCUT2D eigenvalue weighted by atomic mass is 9.96. The van der Waals surface area contributed by atoms with E-state index < -0.39 is 0 Å². The second kappa shape index (κ2) is 6.09. The van der Waals surface area contributed by atoms with Crippen molar-refractivity contribution < 1.29 is 0 Å². The molecule has 19 heavy (non-hydrogen) atoms. The molecular formula is C16H25N3. The first-order chi connectivity index (χ1) is 9.12. The molecule has 1 fully saturated rings. The average Bonchev–Trinajstić information content (AvgIpc) is 3.18. The van der Waals surface area contributed by atoms with Gasteiger partial charge in [0.05, 0.1) is 6.54 Å². The van der Waals surface area contributed by atoms with Crippen molar-refractivity contribution in [3.05, 3.63) is 35.9 Å². The van der Waals surface area contributed by atoms with E-state index in [1.807, 2.05) is 0 Å². The summed E-state index contributed by atoms with van der Waals surface area (Å²) in [5.74, 6) is 1.28. The highest BCUT2D eigenvalue weighted by Gasteiger charge is 2.43. The van der Waals surface area contributed by atoms with E-state index >= 15 is 0 Å². The Labute approximate surface area is 116 Å². The third-order valence-corrected chi connectivity index (χ3v) is 3.82. The van der Waals surface area contributed by atoms with Crippen molar-refractivity contribution in [3.8, 4) is 0 Å². The molecule has 3 nitrogen and oxygen atoms in total. The zero-order valence-electron chi connectivity index (χ0n) is 12.0. The molecule has 104 valence electrons. The van der Waals surface area contributed by atoms with Gasteiger partial charge in [-0.1, -0.05) is 44.2 Å². The summed E-state index contributed by atoms with van der Waals surface area (Å²) in [7, 11) is 0. The van der Waals surface area contributed by atoms with E-state index in [0.717, 1.165) is 19.5 Å². The van der Waals surface area contributed by atoms with Crippen LogP contribution in [0.25, 0.3) is 0 Å². The molecule has 0 heterocycles. The molecular weight excluding hydrogens is 234 g/mol. The van der Waals surface area contributed by atoms with Crippen molar-refractivity contribution in [2.45, 2.75) is 38.5 Å². The highest BCUT2D eigenvalue weighted by Crippen LogP contribution is 2.48. The monoisotopic (exact) mass is 259 g/mol. The Morgan fingerprint density at radius 1 is 1.32 bits per heavy atom. The summed E-state index contributed by atoms with van der Waals surface area (Å²) in [5, 5.41) is 3.19. The molecule has 2 rings (SSSR count). The molecule has 0 atom stereocenters. The van der Waals surface area contributed by atoms with Crippen LogP contribution in [0.1, 0.15) is 38.7 Å². The van der Waals surface area contributed by atoms with Crippen LogP contribution >= 0.6 is 0 Å². The minimum Gasteiger partial charge on any atom is -0.370 e. The van der Waals surface area contributed by atoms with Crippen LogP contribution in [0.15, 0.2) is 35.3 Å². The molecule has 0 unspecified atom stereocenters. The molecule has 0 bridgehead atoms. The van der Waals surface area contributed by atoms with Crippen LogP contribution in [-0.2, 0) is 5.41 Å². The Kier molecular flexibility index (Phi) is 4.46. The Bertz CT molecular complexity index is 419. The summed E-state index contributed by atoms with van der Waals surface area (Å²) < 4.78 is 0. The van der Waals surface area contributed by atoms with E-state index in [0.29, 0.717) is 11.9 Å². The molecule has 0 saturated heterocycles. The number of nitrogens with zero attached hydrogens (tertiary/aromatic N) is 1. The number of hydrogen-bond acceptors (Lipinski definition) is 1. The fourth-order valence-corrected chi connectivity index (χ4v) is 2.26. The second-order valence-corrected chi connectivity index (χ2v) is 5.96. The van der Waals surface area contributed by atoms with E-state index in [1.165, 1.54) is 18.4 Å². The minimum absolute atomic E-state index is 0.256. The maximum atomic E-state index is 5.91. The zero-order valence-corrected chi connectivity index (χ0v) is 12.0. The third kappa shape index (κ3) is 3.98. The Morgan fingerprint density at radius 2 is 2.00 bits per heavy atom. The number of nitrogens with two attached hydrogens (primary N) is 1. The van der Waals surface area contributed by atoms with Crippen LogP contribution in [0, 0.1) is 5.92 Å². The quantitative estimate of drug-likeness (QED) is 0.609. The molecule has 0 aliphatic heterocycles. The standard InChI is InChI=1S/C16H25N3/c1-13(2)8-11-18-15(17)19-12-16(9-10-16)14-6-4-3-5-7-14/h3-7,13H,8-12H2,1-2H3,(H3,17,18,19). The predicted molar refractivity (Wildman–Crippen MR) is 81.3 cm³/mol. The van der Waals surface area contributed by atoms with Crippen LogP contribution in [0.2, 0.25) is 0 Å². The maximum absolute atomic E-state index is 5.91.